The maximum Gasteiger partial charge on any atom is 0.232 e. The molecule has 142 valence electrons. The lowest BCUT2D eigenvalue weighted by molar-refractivity contribution is -0.141. The van der Waals surface area contributed by atoms with Gasteiger partial charge in [-0.3, -0.25) is 14.5 Å². The van der Waals surface area contributed by atoms with Crippen LogP contribution >= 0.6 is 0 Å². The summed E-state index contributed by atoms with van der Waals surface area (Å²) in [6.07, 6.45) is 2.18. The second kappa shape index (κ2) is 6.37. The summed E-state index contributed by atoms with van der Waals surface area (Å²) in [7, 11) is 0. The van der Waals surface area contributed by atoms with Gasteiger partial charge >= 0.3 is 0 Å². The molecule has 3 aliphatic rings. The van der Waals surface area contributed by atoms with E-state index in [2.05, 4.69) is 10.1 Å². The van der Waals surface area contributed by atoms with Gasteiger partial charge in [0.05, 0.1) is 11.1 Å². The van der Waals surface area contributed by atoms with Crippen LogP contribution in [0.15, 0.2) is 4.52 Å². The molecule has 0 bridgehead atoms. The zero-order valence-electron chi connectivity index (χ0n) is 16.0. The van der Waals surface area contributed by atoms with Crippen molar-refractivity contribution < 1.29 is 14.1 Å². The fraction of sp³-hybridized carbons (Fsp3) is 0.737. The second-order valence-corrected chi connectivity index (χ2v) is 8.22. The first-order chi connectivity index (χ1) is 12.4. The number of likely N-dealkylation sites (tertiary alicyclic amines) is 3. The zero-order valence-corrected chi connectivity index (χ0v) is 16.0. The molecule has 0 spiro atoms. The predicted molar refractivity (Wildman–Crippen MR) is 95.2 cm³/mol. The van der Waals surface area contributed by atoms with Gasteiger partial charge < -0.3 is 14.3 Å². The smallest absolute Gasteiger partial charge is 0.232 e. The van der Waals surface area contributed by atoms with Gasteiger partial charge in [-0.05, 0) is 26.7 Å². The third-order valence-electron chi connectivity index (χ3n) is 6.51. The zero-order chi connectivity index (χ0) is 18.5. The highest BCUT2D eigenvalue weighted by Gasteiger charge is 2.58. The van der Waals surface area contributed by atoms with Crippen LogP contribution < -0.4 is 0 Å². The average molecular weight is 360 g/mol. The number of carbonyl (C=O) groups is 2. The maximum absolute atomic E-state index is 13.4. The van der Waals surface area contributed by atoms with E-state index in [1.54, 1.807) is 6.92 Å². The number of hydrogen-bond donors (Lipinski definition) is 0. The topological polar surface area (TPSA) is 69.9 Å². The van der Waals surface area contributed by atoms with Gasteiger partial charge in [0.1, 0.15) is 5.76 Å². The third kappa shape index (κ3) is 2.73. The van der Waals surface area contributed by atoms with Crippen LogP contribution in [0.4, 0.5) is 0 Å². The van der Waals surface area contributed by atoms with Crippen LogP contribution in [0.5, 0.6) is 0 Å². The van der Waals surface area contributed by atoms with Crippen molar-refractivity contribution in [3.63, 3.8) is 0 Å². The molecule has 0 aliphatic carbocycles. The fourth-order valence-electron chi connectivity index (χ4n) is 5.02. The van der Waals surface area contributed by atoms with E-state index >= 15 is 0 Å². The van der Waals surface area contributed by atoms with Gasteiger partial charge in [0.15, 0.2) is 0 Å². The molecule has 3 aliphatic heterocycles. The quantitative estimate of drug-likeness (QED) is 0.810. The molecule has 2 atom stereocenters. The predicted octanol–water partition coefficient (Wildman–Crippen LogP) is 1.19. The highest BCUT2D eigenvalue weighted by Crippen LogP contribution is 2.45. The van der Waals surface area contributed by atoms with Crippen LogP contribution in [0.3, 0.4) is 0 Å². The fourth-order valence-corrected chi connectivity index (χ4v) is 5.02. The SMILES string of the molecule is CC(=O)N1C[C@H]2CN(Cc3c(C)noc3C)C[C@@]2(C(=O)N2CCCC2)C1. The van der Waals surface area contributed by atoms with Crippen LogP contribution in [0.2, 0.25) is 0 Å². The molecular formula is C19H28N4O3. The lowest BCUT2D eigenvalue weighted by atomic mass is 9.79. The number of aromatic nitrogens is 1. The van der Waals surface area contributed by atoms with Crippen molar-refractivity contribution in [1.29, 1.82) is 0 Å². The molecule has 3 fully saturated rings. The molecule has 1 aromatic rings. The first kappa shape index (κ1) is 17.5. The Morgan fingerprint density at radius 3 is 2.50 bits per heavy atom. The van der Waals surface area contributed by atoms with Crippen molar-refractivity contribution in [1.82, 2.24) is 19.9 Å². The summed E-state index contributed by atoms with van der Waals surface area (Å²) >= 11 is 0. The van der Waals surface area contributed by atoms with E-state index in [1.807, 2.05) is 23.6 Å². The molecule has 0 N–H and O–H groups in total. The van der Waals surface area contributed by atoms with Gasteiger partial charge in [-0.15, -0.1) is 0 Å². The molecule has 7 heteroatoms. The lowest BCUT2D eigenvalue weighted by Crippen LogP contribution is -2.49. The number of carbonyl (C=O) groups excluding carboxylic acids is 2. The van der Waals surface area contributed by atoms with Gasteiger partial charge in [-0.25, -0.2) is 0 Å². The Balaban J connectivity index is 1.57. The second-order valence-electron chi connectivity index (χ2n) is 8.22. The third-order valence-corrected chi connectivity index (χ3v) is 6.51. The van der Waals surface area contributed by atoms with Gasteiger partial charge in [0, 0.05) is 64.2 Å². The van der Waals surface area contributed by atoms with E-state index in [9.17, 15) is 9.59 Å². The number of aryl methyl sites for hydroxylation is 2. The minimum absolute atomic E-state index is 0.0743. The summed E-state index contributed by atoms with van der Waals surface area (Å²) in [6.45, 7) is 10.8. The van der Waals surface area contributed by atoms with Crippen molar-refractivity contribution in [2.24, 2.45) is 11.3 Å². The van der Waals surface area contributed by atoms with E-state index in [0.717, 1.165) is 56.0 Å². The van der Waals surface area contributed by atoms with E-state index in [0.29, 0.717) is 19.6 Å². The Morgan fingerprint density at radius 2 is 1.88 bits per heavy atom. The summed E-state index contributed by atoms with van der Waals surface area (Å²) in [6, 6.07) is 0. The van der Waals surface area contributed by atoms with Crippen LogP contribution in [0.25, 0.3) is 0 Å². The number of hydrogen-bond acceptors (Lipinski definition) is 5. The number of fused-ring (bicyclic) bond motifs is 1. The summed E-state index contributed by atoms with van der Waals surface area (Å²) < 4.78 is 5.30. The monoisotopic (exact) mass is 360 g/mol. The van der Waals surface area contributed by atoms with Crippen LogP contribution in [-0.4, -0.2) is 70.9 Å². The number of rotatable bonds is 3. The number of nitrogens with zero attached hydrogens (tertiary/aromatic N) is 4. The first-order valence-corrected chi connectivity index (χ1v) is 9.60. The molecule has 0 radical (unpaired) electrons. The van der Waals surface area contributed by atoms with Crippen molar-refractivity contribution in [3.8, 4) is 0 Å². The first-order valence-electron chi connectivity index (χ1n) is 9.60. The molecular weight excluding hydrogens is 332 g/mol. The van der Waals surface area contributed by atoms with Gasteiger partial charge in [-0.2, -0.15) is 0 Å². The Bertz CT molecular complexity index is 705. The molecule has 0 saturated carbocycles. The molecule has 4 rings (SSSR count). The van der Waals surface area contributed by atoms with Gasteiger partial charge in [-0.1, -0.05) is 5.16 Å². The minimum Gasteiger partial charge on any atom is -0.361 e. The van der Waals surface area contributed by atoms with Crippen molar-refractivity contribution >= 4 is 11.8 Å². The van der Waals surface area contributed by atoms with Gasteiger partial charge in [0.25, 0.3) is 0 Å². The standard InChI is InChI=1S/C19H28N4O3/c1-13-17(14(2)26-20-13)10-21-8-16-9-23(15(3)24)12-19(16,11-21)18(25)22-6-4-5-7-22/h16H,4-12H2,1-3H3/t16-,19-/m1/s1. The molecule has 0 aromatic carbocycles. The lowest BCUT2D eigenvalue weighted by Gasteiger charge is -2.32. The van der Waals surface area contributed by atoms with Gasteiger partial charge in [0.2, 0.25) is 11.8 Å². The molecule has 4 heterocycles. The molecule has 1 aromatic heterocycles. The Kier molecular flexibility index (Phi) is 4.29. The summed E-state index contributed by atoms with van der Waals surface area (Å²) in [4.78, 5) is 31.6. The molecule has 7 nitrogen and oxygen atoms in total. The highest BCUT2D eigenvalue weighted by molar-refractivity contribution is 5.86. The molecule has 3 saturated heterocycles. The van der Waals surface area contributed by atoms with Crippen molar-refractivity contribution in [2.45, 2.75) is 40.2 Å². The summed E-state index contributed by atoms with van der Waals surface area (Å²) in [5.74, 6) is 1.39. The largest absolute Gasteiger partial charge is 0.361 e. The molecule has 26 heavy (non-hydrogen) atoms. The normalized spacial score (nSPS) is 28.8. The number of amides is 2. The summed E-state index contributed by atoms with van der Waals surface area (Å²) in [5.41, 5.74) is 1.59. The highest BCUT2D eigenvalue weighted by atomic mass is 16.5. The maximum atomic E-state index is 13.4. The van der Waals surface area contributed by atoms with E-state index in [4.69, 9.17) is 4.52 Å². The van der Waals surface area contributed by atoms with Crippen LogP contribution in [0.1, 0.15) is 36.8 Å². The van der Waals surface area contributed by atoms with Crippen LogP contribution in [-0.2, 0) is 16.1 Å². The Morgan fingerprint density at radius 1 is 1.15 bits per heavy atom. The van der Waals surface area contributed by atoms with E-state index in [1.165, 1.54) is 0 Å². The van der Waals surface area contributed by atoms with Crippen LogP contribution in [0, 0.1) is 25.2 Å². The average Bonchev–Trinajstić information content (AvgIpc) is 3.34. The Hall–Kier alpha value is -1.89. The van der Waals surface area contributed by atoms with Crippen molar-refractivity contribution in [2.75, 3.05) is 39.3 Å². The van der Waals surface area contributed by atoms with E-state index < -0.39 is 5.41 Å². The minimum atomic E-state index is -0.449. The Labute approximate surface area is 154 Å². The molecule has 0 unspecified atom stereocenters. The van der Waals surface area contributed by atoms with E-state index in [-0.39, 0.29) is 17.7 Å². The van der Waals surface area contributed by atoms with Crippen molar-refractivity contribution in [3.05, 3.63) is 17.0 Å². The molecule has 2 amide bonds. The summed E-state index contributed by atoms with van der Waals surface area (Å²) in [5, 5.41) is 4.05.